The lowest BCUT2D eigenvalue weighted by Gasteiger charge is -2.01. The summed E-state index contributed by atoms with van der Waals surface area (Å²) in [4.78, 5) is 0. The first-order valence-electron chi connectivity index (χ1n) is 9.79. The molecule has 1 N–H and O–H groups in total. The fraction of sp³-hybridized carbons (Fsp3) is 1.00. The molecule has 0 radical (unpaired) electrons. The Bertz CT molecular complexity index is 144. The van der Waals surface area contributed by atoms with Gasteiger partial charge in [0.15, 0.2) is 0 Å². The molecular weight excluding hydrogens is 256 g/mol. The number of hydrogen-bond acceptors (Lipinski definition) is 1. The van der Waals surface area contributed by atoms with E-state index < -0.39 is 0 Å². The Morgan fingerprint density at radius 1 is 0.571 bits per heavy atom. The number of aliphatic hydroxyl groups is 1. The molecule has 0 saturated carbocycles. The third-order valence-corrected chi connectivity index (χ3v) is 3.90. The van der Waals surface area contributed by atoms with E-state index >= 15 is 0 Å². The first kappa shape index (κ1) is 23.2. The second-order valence-corrected chi connectivity index (χ2v) is 6.80. The minimum atomic E-state index is 0.359. The molecule has 0 fully saturated rings. The zero-order chi connectivity index (χ0) is 16.2. The quantitative estimate of drug-likeness (QED) is 0.338. The lowest BCUT2D eigenvalue weighted by molar-refractivity contribution is 0.281. The molecule has 21 heavy (non-hydrogen) atoms. The summed E-state index contributed by atoms with van der Waals surface area (Å²) in [5.41, 5.74) is 0. The van der Waals surface area contributed by atoms with Crippen LogP contribution < -0.4 is 0 Å². The van der Waals surface area contributed by atoms with E-state index in [1.807, 2.05) is 0 Å². The fourth-order valence-corrected chi connectivity index (χ4v) is 2.40. The number of rotatable bonds is 14. The molecular formula is C20H44O. The van der Waals surface area contributed by atoms with Crippen LogP contribution in [0.5, 0.6) is 0 Å². The molecule has 0 saturated heterocycles. The second-order valence-electron chi connectivity index (χ2n) is 6.80. The van der Waals surface area contributed by atoms with Gasteiger partial charge in [0.05, 0.1) is 0 Å². The standard InChI is InChI=1S/C12H26.C8H18O/c1-3-5-7-9-11-12-10-8-6-4-2;1-8(2)6-4-3-5-7-9/h3-12H2,1-2H3;8-9H,3-7H2,1-2H3. The summed E-state index contributed by atoms with van der Waals surface area (Å²) in [6.07, 6.45) is 19.2. The monoisotopic (exact) mass is 300 g/mol. The van der Waals surface area contributed by atoms with Crippen LogP contribution in [-0.2, 0) is 0 Å². The summed E-state index contributed by atoms with van der Waals surface area (Å²) in [5.74, 6) is 0.823. The molecule has 0 bridgehead atoms. The molecule has 0 aliphatic heterocycles. The van der Waals surface area contributed by atoms with Crippen molar-refractivity contribution in [3.63, 3.8) is 0 Å². The zero-order valence-electron chi connectivity index (χ0n) is 15.6. The molecule has 0 unspecified atom stereocenters. The van der Waals surface area contributed by atoms with Gasteiger partial charge in [-0.25, -0.2) is 0 Å². The maximum atomic E-state index is 8.43. The molecule has 0 aromatic heterocycles. The Morgan fingerprint density at radius 2 is 0.952 bits per heavy atom. The topological polar surface area (TPSA) is 20.2 Å². The van der Waals surface area contributed by atoms with E-state index in [1.54, 1.807) is 0 Å². The summed E-state index contributed by atoms with van der Waals surface area (Å²) < 4.78 is 0. The summed E-state index contributed by atoms with van der Waals surface area (Å²) in [6.45, 7) is 9.39. The molecule has 0 amide bonds. The van der Waals surface area contributed by atoms with Crippen LogP contribution in [0, 0.1) is 5.92 Å². The zero-order valence-corrected chi connectivity index (χ0v) is 15.6. The highest BCUT2D eigenvalue weighted by atomic mass is 16.2. The number of aliphatic hydroxyl groups excluding tert-OH is 1. The predicted octanol–water partition coefficient (Wildman–Crippen LogP) is 7.12. The van der Waals surface area contributed by atoms with E-state index in [0.717, 1.165) is 12.3 Å². The fourth-order valence-electron chi connectivity index (χ4n) is 2.40. The first-order valence-corrected chi connectivity index (χ1v) is 9.79. The van der Waals surface area contributed by atoms with E-state index in [9.17, 15) is 0 Å². The van der Waals surface area contributed by atoms with Crippen molar-refractivity contribution in [2.24, 2.45) is 5.92 Å². The van der Waals surface area contributed by atoms with Crippen molar-refractivity contribution in [2.75, 3.05) is 6.61 Å². The van der Waals surface area contributed by atoms with Crippen molar-refractivity contribution in [3.05, 3.63) is 0 Å². The van der Waals surface area contributed by atoms with Crippen LogP contribution in [0.3, 0.4) is 0 Å². The van der Waals surface area contributed by atoms with Crippen LogP contribution in [0.2, 0.25) is 0 Å². The van der Waals surface area contributed by atoms with Gasteiger partial charge in [-0.3, -0.25) is 0 Å². The SMILES string of the molecule is CC(C)CCCCCO.CCCCCCCCCCCC. The van der Waals surface area contributed by atoms with E-state index in [4.69, 9.17) is 5.11 Å². The predicted molar refractivity (Wildman–Crippen MR) is 97.9 cm³/mol. The average molecular weight is 301 g/mol. The van der Waals surface area contributed by atoms with Crippen LogP contribution in [0.4, 0.5) is 0 Å². The lowest BCUT2D eigenvalue weighted by atomic mass is 10.1. The third-order valence-electron chi connectivity index (χ3n) is 3.90. The number of unbranched alkanes of at least 4 members (excludes halogenated alkanes) is 11. The Balaban J connectivity index is 0. The van der Waals surface area contributed by atoms with Crippen LogP contribution in [-0.4, -0.2) is 11.7 Å². The lowest BCUT2D eigenvalue weighted by Crippen LogP contribution is -1.88. The van der Waals surface area contributed by atoms with E-state index in [-0.39, 0.29) is 0 Å². The van der Waals surface area contributed by atoms with E-state index in [0.29, 0.717) is 6.61 Å². The van der Waals surface area contributed by atoms with Gasteiger partial charge in [0.2, 0.25) is 0 Å². The molecule has 0 aliphatic carbocycles. The summed E-state index contributed by atoms with van der Waals surface area (Å²) in [6, 6.07) is 0. The molecule has 0 rings (SSSR count). The average Bonchev–Trinajstić information content (AvgIpc) is 2.47. The molecule has 0 heterocycles. The maximum absolute atomic E-state index is 8.43. The highest BCUT2D eigenvalue weighted by molar-refractivity contribution is 4.46. The highest BCUT2D eigenvalue weighted by Gasteiger charge is 1.92. The Hall–Kier alpha value is -0.0400. The normalized spacial score (nSPS) is 10.6. The van der Waals surface area contributed by atoms with Crippen molar-refractivity contribution in [1.29, 1.82) is 0 Å². The molecule has 0 spiro atoms. The molecule has 130 valence electrons. The van der Waals surface area contributed by atoms with E-state index in [1.165, 1.54) is 83.5 Å². The van der Waals surface area contributed by atoms with Crippen LogP contribution in [0.25, 0.3) is 0 Å². The van der Waals surface area contributed by atoms with Gasteiger partial charge >= 0.3 is 0 Å². The Kier molecular flexibility index (Phi) is 24.6. The maximum Gasteiger partial charge on any atom is 0.0431 e. The Labute approximate surface area is 135 Å². The van der Waals surface area contributed by atoms with Gasteiger partial charge in [0.1, 0.15) is 0 Å². The molecule has 0 aliphatic rings. The van der Waals surface area contributed by atoms with Crippen molar-refractivity contribution in [1.82, 2.24) is 0 Å². The van der Waals surface area contributed by atoms with Crippen molar-refractivity contribution >= 4 is 0 Å². The Morgan fingerprint density at radius 3 is 1.29 bits per heavy atom. The van der Waals surface area contributed by atoms with Gasteiger partial charge in [-0.05, 0) is 12.3 Å². The third kappa shape index (κ3) is 28.8. The van der Waals surface area contributed by atoms with Gasteiger partial charge in [-0.2, -0.15) is 0 Å². The van der Waals surface area contributed by atoms with Gasteiger partial charge in [0, 0.05) is 6.61 Å². The second kappa shape index (κ2) is 22.2. The van der Waals surface area contributed by atoms with Gasteiger partial charge in [-0.1, -0.05) is 111 Å². The minimum absolute atomic E-state index is 0.359. The largest absolute Gasteiger partial charge is 0.396 e. The highest BCUT2D eigenvalue weighted by Crippen LogP contribution is 2.10. The van der Waals surface area contributed by atoms with Crippen LogP contribution in [0.15, 0.2) is 0 Å². The molecule has 0 aromatic carbocycles. The van der Waals surface area contributed by atoms with Crippen molar-refractivity contribution in [2.45, 2.75) is 118 Å². The summed E-state index contributed by atoms with van der Waals surface area (Å²) >= 11 is 0. The van der Waals surface area contributed by atoms with E-state index in [2.05, 4.69) is 27.7 Å². The van der Waals surface area contributed by atoms with Gasteiger partial charge in [0.25, 0.3) is 0 Å². The summed E-state index contributed by atoms with van der Waals surface area (Å²) in [5, 5.41) is 8.43. The van der Waals surface area contributed by atoms with Crippen molar-refractivity contribution in [3.8, 4) is 0 Å². The summed E-state index contributed by atoms with van der Waals surface area (Å²) in [7, 11) is 0. The minimum Gasteiger partial charge on any atom is -0.396 e. The van der Waals surface area contributed by atoms with Crippen LogP contribution in [0.1, 0.15) is 118 Å². The van der Waals surface area contributed by atoms with Crippen molar-refractivity contribution < 1.29 is 5.11 Å². The van der Waals surface area contributed by atoms with Gasteiger partial charge in [-0.15, -0.1) is 0 Å². The number of hydrogen-bond donors (Lipinski definition) is 1. The van der Waals surface area contributed by atoms with Gasteiger partial charge < -0.3 is 5.11 Å². The smallest absolute Gasteiger partial charge is 0.0431 e. The molecule has 0 aromatic rings. The molecule has 1 nitrogen and oxygen atoms in total. The first-order chi connectivity index (χ1) is 10.2. The van der Waals surface area contributed by atoms with Crippen LogP contribution >= 0.6 is 0 Å². The molecule has 1 heteroatoms. The molecule has 0 atom stereocenters.